The number of ether oxygens (including phenoxy) is 2. The van der Waals surface area contributed by atoms with E-state index in [0.717, 1.165) is 45.7 Å². The van der Waals surface area contributed by atoms with Gasteiger partial charge in [-0.2, -0.15) is 13.2 Å². The minimum absolute atomic E-state index is 0.0202. The Hall–Kier alpha value is -2.11. The minimum Gasteiger partial charge on any atom is -0.475 e. The molecule has 1 aromatic rings. The molecular formula is C20H27F3N2O6. The molecule has 0 aliphatic carbocycles. The first kappa shape index (κ1) is 23.6. The minimum atomic E-state index is -5.08. The van der Waals surface area contributed by atoms with E-state index >= 15 is 0 Å². The molecule has 3 saturated heterocycles. The molecule has 1 N–H and O–H groups in total. The van der Waals surface area contributed by atoms with Crippen LogP contribution >= 0.6 is 0 Å². The van der Waals surface area contributed by atoms with Crippen molar-refractivity contribution in [3.05, 3.63) is 24.2 Å². The van der Waals surface area contributed by atoms with Crippen LogP contribution in [0.1, 0.15) is 29.8 Å². The smallest absolute Gasteiger partial charge is 0.475 e. The summed E-state index contributed by atoms with van der Waals surface area (Å²) >= 11 is 0. The molecule has 11 heteroatoms. The van der Waals surface area contributed by atoms with Gasteiger partial charge >= 0.3 is 12.1 Å². The van der Waals surface area contributed by atoms with Crippen LogP contribution in [0.5, 0.6) is 0 Å². The number of carbonyl (C=O) groups is 2. The molecule has 3 fully saturated rings. The van der Waals surface area contributed by atoms with E-state index in [1.165, 1.54) is 6.42 Å². The summed E-state index contributed by atoms with van der Waals surface area (Å²) in [5.74, 6) is -1.67. The molecule has 1 atom stereocenters. The summed E-state index contributed by atoms with van der Waals surface area (Å²) in [5, 5.41) is 7.12. The Kier molecular flexibility index (Phi) is 7.60. The highest BCUT2D eigenvalue weighted by atomic mass is 19.4. The first-order valence-corrected chi connectivity index (χ1v) is 10.3. The van der Waals surface area contributed by atoms with Gasteiger partial charge in [0.1, 0.15) is 0 Å². The Labute approximate surface area is 177 Å². The summed E-state index contributed by atoms with van der Waals surface area (Å²) in [7, 11) is 0. The van der Waals surface area contributed by atoms with E-state index in [1.807, 2.05) is 4.90 Å². The number of carbonyl (C=O) groups excluding carboxylic acids is 1. The first-order chi connectivity index (χ1) is 14.7. The molecule has 8 nitrogen and oxygen atoms in total. The maximum Gasteiger partial charge on any atom is 0.490 e. The van der Waals surface area contributed by atoms with E-state index in [1.54, 1.807) is 18.4 Å². The van der Waals surface area contributed by atoms with Gasteiger partial charge < -0.3 is 28.8 Å². The van der Waals surface area contributed by atoms with Gasteiger partial charge in [0, 0.05) is 32.8 Å². The van der Waals surface area contributed by atoms with Crippen LogP contribution in [0.3, 0.4) is 0 Å². The zero-order valence-electron chi connectivity index (χ0n) is 17.1. The summed E-state index contributed by atoms with van der Waals surface area (Å²) in [5.41, 5.74) is -0.177. The number of hydrogen-bond donors (Lipinski definition) is 1. The van der Waals surface area contributed by atoms with Gasteiger partial charge in [0.15, 0.2) is 5.76 Å². The van der Waals surface area contributed by atoms with Crippen molar-refractivity contribution in [3.63, 3.8) is 0 Å². The van der Waals surface area contributed by atoms with Crippen molar-refractivity contribution in [2.75, 3.05) is 52.5 Å². The second-order valence-corrected chi connectivity index (χ2v) is 8.07. The first-order valence-electron chi connectivity index (χ1n) is 10.3. The molecule has 0 aromatic carbocycles. The molecule has 1 spiro atoms. The quantitative estimate of drug-likeness (QED) is 0.758. The van der Waals surface area contributed by atoms with Crippen molar-refractivity contribution in [2.24, 2.45) is 5.92 Å². The number of furan rings is 1. The molecule has 4 heterocycles. The van der Waals surface area contributed by atoms with Crippen LogP contribution in [0.2, 0.25) is 0 Å². The Morgan fingerprint density at radius 1 is 1.19 bits per heavy atom. The van der Waals surface area contributed by atoms with E-state index < -0.39 is 12.1 Å². The lowest BCUT2D eigenvalue weighted by Gasteiger charge is -2.47. The topological polar surface area (TPSA) is 92.4 Å². The fourth-order valence-electron chi connectivity index (χ4n) is 4.11. The molecular weight excluding hydrogens is 421 g/mol. The molecule has 0 radical (unpaired) electrons. The van der Waals surface area contributed by atoms with Gasteiger partial charge in [-0.15, -0.1) is 0 Å². The van der Waals surface area contributed by atoms with Crippen LogP contribution in [0.15, 0.2) is 22.8 Å². The van der Waals surface area contributed by atoms with Crippen LogP contribution in [0.25, 0.3) is 0 Å². The number of alkyl halides is 3. The molecule has 3 aliphatic heterocycles. The molecule has 1 aromatic heterocycles. The monoisotopic (exact) mass is 448 g/mol. The third kappa shape index (κ3) is 6.44. The zero-order valence-corrected chi connectivity index (χ0v) is 17.1. The van der Waals surface area contributed by atoms with E-state index in [2.05, 4.69) is 4.90 Å². The predicted molar refractivity (Wildman–Crippen MR) is 102 cm³/mol. The summed E-state index contributed by atoms with van der Waals surface area (Å²) in [4.78, 5) is 25.9. The average molecular weight is 448 g/mol. The van der Waals surface area contributed by atoms with Crippen LogP contribution in [0, 0.1) is 5.92 Å². The highest BCUT2D eigenvalue weighted by molar-refractivity contribution is 5.91. The van der Waals surface area contributed by atoms with Crippen molar-refractivity contribution < 1.29 is 41.8 Å². The summed E-state index contributed by atoms with van der Waals surface area (Å²) in [6.07, 6.45) is -0.372. The Morgan fingerprint density at radius 3 is 2.45 bits per heavy atom. The van der Waals surface area contributed by atoms with Crippen molar-refractivity contribution in [1.29, 1.82) is 0 Å². The fourth-order valence-corrected chi connectivity index (χ4v) is 4.11. The molecule has 3 aliphatic rings. The Balaban J connectivity index is 0.000000339. The third-order valence-electron chi connectivity index (χ3n) is 5.82. The van der Waals surface area contributed by atoms with Crippen LogP contribution in [-0.2, 0) is 14.3 Å². The molecule has 0 saturated carbocycles. The largest absolute Gasteiger partial charge is 0.490 e. The number of hydrogen-bond acceptors (Lipinski definition) is 6. The number of carboxylic acid groups (broad SMARTS) is 1. The molecule has 1 amide bonds. The zero-order chi connectivity index (χ0) is 22.5. The number of aliphatic carboxylic acids is 1. The highest BCUT2D eigenvalue weighted by Crippen LogP contribution is 2.31. The van der Waals surface area contributed by atoms with E-state index in [-0.39, 0.29) is 11.5 Å². The number of likely N-dealkylation sites (tertiary alicyclic amines) is 1. The number of amides is 1. The number of morpholine rings is 1. The maximum atomic E-state index is 12.5. The van der Waals surface area contributed by atoms with Gasteiger partial charge in [0.2, 0.25) is 0 Å². The lowest BCUT2D eigenvalue weighted by atomic mass is 9.88. The standard InChI is InChI=1S/C18H26N2O4.C2HF3O2/c21-17(16-2-1-9-23-16)20-8-11-24-18(14-20)4-6-19(7-5-18)12-15-3-10-22-13-15;3-2(4,5)1(6)7/h1-2,9,15H,3-8,10-14H2;(H,6,7). The van der Waals surface area contributed by atoms with Gasteiger partial charge in [0.25, 0.3) is 5.91 Å². The highest BCUT2D eigenvalue weighted by Gasteiger charge is 2.42. The number of piperidine rings is 1. The fraction of sp³-hybridized carbons (Fsp3) is 0.700. The lowest BCUT2D eigenvalue weighted by Crippen LogP contribution is -2.58. The normalized spacial score (nSPS) is 24.0. The molecule has 174 valence electrons. The van der Waals surface area contributed by atoms with Crippen LogP contribution in [0.4, 0.5) is 13.2 Å². The summed E-state index contributed by atoms with van der Waals surface area (Å²) in [6, 6.07) is 3.49. The number of halogens is 3. The second kappa shape index (κ2) is 10.0. The van der Waals surface area contributed by atoms with Gasteiger partial charge in [-0.1, -0.05) is 0 Å². The predicted octanol–water partition coefficient (Wildman–Crippen LogP) is 2.26. The number of rotatable bonds is 3. The van der Waals surface area contributed by atoms with Crippen molar-refractivity contribution in [2.45, 2.75) is 31.0 Å². The van der Waals surface area contributed by atoms with E-state index in [4.69, 9.17) is 23.8 Å². The van der Waals surface area contributed by atoms with Crippen LogP contribution < -0.4 is 0 Å². The van der Waals surface area contributed by atoms with Gasteiger partial charge in [-0.05, 0) is 37.3 Å². The maximum absolute atomic E-state index is 12.5. The van der Waals surface area contributed by atoms with Gasteiger partial charge in [-0.25, -0.2) is 4.79 Å². The Morgan fingerprint density at radius 2 is 1.90 bits per heavy atom. The van der Waals surface area contributed by atoms with Gasteiger partial charge in [-0.3, -0.25) is 4.79 Å². The van der Waals surface area contributed by atoms with E-state index in [9.17, 15) is 18.0 Å². The summed E-state index contributed by atoms with van der Waals surface area (Å²) < 4.78 is 48.6. The molecule has 1 unspecified atom stereocenters. The number of carboxylic acids is 1. The Bertz CT molecular complexity index is 726. The SMILES string of the molecule is O=C(O)C(F)(F)F.O=C(c1ccco1)N1CCOC2(CCN(CC3CCOC3)CC2)C1. The molecule has 0 bridgehead atoms. The van der Waals surface area contributed by atoms with Crippen molar-refractivity contribution in [3.8, 4) is 0 Å². The number of nitrogens with zero attached hydrogens (tertiary/aromatic N) is 2. The molecule has 31 heavy (non-hydrogen) atoms. The van der Waals surface area contributed by atoms with E-state index in [0.29, 0.717) is 31.4 Å². The second-order valence-electron chi connectivity index (χ2n) is 8.07. The van der Waals surface area contributed by atoms with Crippen LogP contribution in [-0.4, -0.2) is 91.1 Å². The average Bonchev–Trinajstić information content (AvgIpc) is 3.43. The van der Waals surface area contributed by atoms with Crippen molar-refractivity contribution >= 4 is 11.9 Å². The summed E-state index contributed by atoms with van der Waals surface area (Å²) in [6.45, 7) is 6.96. The lowest BCUT2D eigenvalue weighted by molar-refractivity contribution is -0.192. The van der Waals surface area contributed by atoms with Gasteiger partial charge in [0.05, 0.1) is 31.6 Å². The third-order valence-corrected chi connectivity index (χ3v) is 5.82. The molecule has 4 rings (SSSR count). The van der Waals surface area contributed by atoms with Crippen molar-refractivity contribution in [1.82, 2.24) is 9.80 Å².